The minimum absolute atomic E-state index is 0.0543. The van der Waals surface area contributed by atoms with Crippen molar-refractivity contribution >= 4 is 11.0 Å². The predicted octanol–water partition coefficient (Wildman–Crippen LogP) is 14.9. The molecule has 4 heteroatoms. The molecule has 1 aliphatic carbocycles. The molecule has 302 valence electrons. The second kappa shape index (κ2) is 15.6. The zero-order valence-corrected chi connectivity index (χ0v) is 36.2. The predicted molar refractivity (Wildman–Crippen MR) is 248 cm³/mol. The van der Waals surface area contributed by atoms with E-state index in [-0.39, 0.29) is 34.0 Å². The van der Waals surface area contributed by atoms with Gasteiger partial charge in [0.2, 0.25) is 0 Å². The normalized spacial score (nSPS) is 18.9. The van der Waals surface area contributed by atoms with E-state index >= 15 is 0 Å². The van der Waals surface area contributed by atoms with E-state index in [1.54, 1.807) is 12.1 Å². The Morgan fingerprint density at radius 1 is 0.746 bits per heavy atom. The Morgan fingerprint density at radius 2 is 1.49 bits per heavy atom. The summed E-state index contributed by atoms with van der Waals surface area (Å²) < 4.78 is 37.9. The number of phenols is 1. The number of para-hydroxylation sites is 2. The molecule has 1 aliphatic rings. The van der Waals surface area contributed by atoms with Crippen LogP contribution in [0.25, 0.3) is 61.6 Å². The number of pyridine rings is 1. The maximum Gasteiger partial charge on any atom is 0.149 e. The van der Waals surface area contributed by atoms with Crippen LogP contribution in [0, 0.1) is 36.9 Å². The second-order valence-corrected chi connectivity index (χ2v) is 19.3. The fourth-order valence-electron chi connectivity index (χ4n) is 9.07. The first-order chi connectivity index (χ1) is 29.6. The number of imidazole rings is 1. The molecular formula is C55H61N3O. The van der Waals surface area contributed by atoms with Crippen LogP contribution in [-0.4, -0.2) is 19.6 Å². The fourth-order valence-corrected chi connectivity index (χ4v) is 9.07. The number of phenolic OH excluding ortho intramolecular Hbond substituents is 1. The van der Waals surface area contributed by atoms with E-state index in [1.807, 2.05) is 67.1 Å². The lowest BCUT2D eigenvalue weighted by Crippen LogP contribution is -2.32. The van der Waals surface area contributed by atoms with Gasteiger partial charge in [0.05, 0.1) is 28.0 Å². The summed E-state index contributed by atoms with van der Waals surface area (Å²) in [6, 6.07) is 38.5. The molecule has 1 fully saturated rings. The summed E-state index contributed by atoms with van der Waals surface area (Å²) in [6.45, 7) is 17.1. The fraction of sp³-hybridized carbons (Fsp3) is 0.345. The quantitative estimate of drug-likeness (QED) is 0.175. The maximum absolute atomic E-state index is 11.4. The largest absolute Gasteiger partial charge is 0.507 e. The molecule has 7 aromatic rings. The van der Waals surface area contributed by atoms with E-state index in [4.69, 9.17) is 15.5 Å². The first kappa shape index (κ1) is 35.5. The van der Waals surface area contributed by atoms with Crippen molar-refractivity contribution in [1.82, 2.24) is 14.5 Å². The van der Waals surface area contributed by atoms with Gasteiger partial charge in [-0.15, -0.1) is 0 Å². The van der Waals surface area contributed by atoms with E-state index in [0.717, 1.165) is 69.4 Å². The van der Waals surface area contributed by atoms with Crippen molar-refractivity contribution in [2.75, 3.05) is 0 Å². The third kappa shape index (κ3) is 8.12. The first-order valence-corrected chi connectivity index (χ1v) is 21.2. The molecule has 3 unspecified atom stereocenters. The average molecular weight is 784 g/mol. The van der Waals surface area contributed by atoms with Crippen LogP contribution in [0.1, 0.15) is 108 Å². The van der Waals surface area contributed by atoms with Crippen LogP contribution in [0.15, 0.2) is 121 Å². The number of hydrogen-bond donors (Lipinski definition) is 1. The number of fused-ring (bicyclic) bond motifs is 1. The standard InChI is InChI=1S/C55H61N3O/c1-34(2)40-27-41(30-44(29-40)54(5,6)7)38-22-23-49(36(4)26-38)58-50-16-13-15-46(52(50)57-53(58)47-14-11-12-17-51(47)59)42-28-43(32-45(31-42)55(8,9)10)48-33-39(24-25-56-48)37-20-18-35(3)19-21-37/h11-26,28,31-34,40-41,44,59H,27,29-30H2,1-10H3/i4D3,34D. The minimum atomic E-state index is -2.46. The molecule has 0 aliphatic heterocycles. The van der Waals surface area contributed by atoms with Gasteiger partial charge in [-0.2, -0.15) is 0 Å². The highest BCUT2D eigenvalue weighted by atomic mass is 16.3. The number of aromatic nitrogens is 3. The van der Waals surface area contributed by atoms with Crippen LogP contribution >= 0.6 is 0 Å². The van der Waals surface area contributed by atoms with Crippen molar-refractivity contribution in [3.8, 4) is 56.3 Å². The lowest BCUT2D eigenvalue weighted by Gasteiger charge is -2.43. The van der Waals surface area contributed by atoms with E-state index < -0.39 is 12.7 Å². The molecule has 2 aromatic heterocycles. The number of aromatic hydroxyl groups is 1. The van der Waals surface area contributed by atoms with Crippen molar-refractivity contribution in [3.05, 3.63) is 144 Å². The third-order valence-corrected chi connectivity index (χ3v) is 12.9. The average Bonchev–Trinajstić information content (AvgIpc) is 3.62. The van der Waals surface area contributed by atoms with E-state index in [2.05, 4.69) is 109 Å². The number of hydrogen-bond acceptors (Lipinski definition) is 3. The van der Waals surface area contributed by atoms with Crippen molar-refractivity contribution in [2.45, 2.75) is 99.8 Å². The number of benzene rings is 5. The Balaban J connectivity index is 1.33. The monoisotopic (exact) mass is 784 g/mol. The topological polar surface area (TPSA) is 50.9 Å². The maximum atomic E-state index is 11.4. The van der Waals surface area contributed by atoms with Crippen molar-refractivity contribution in [1.29, 1.82) is 0 Å². The molecule has 8 rings (SSSR count). The van der Waals surface area contributed by atoms with Gasteiger partial charge in [0, 0.05) is 22.8 Å². The second-order valence-electron chi connectivity index (χ2n) is 19.3. The lowest BCUT2D eigenvalue weighted by atomic mass is 9.62. The third-order valence-electron chi connectivity index (χ3n) is 12.9. The highest BCUT2D eigenvalue weighted by molar-refractivity contribution is 5.97. The number of nitrogens with zero attached hydrogens (tertiary/aromatic N) is 3. The molecule has 0 radical (unpaired) electrons. The summed E-state index contributed by atoms with van der Waals surface area (Å²) in [5.41, 5.74) is 11.8. The lowest BCUT2D eigenvalue weighted by molar-refractivity contribution is 0.105. The highest BCUT2D eigenvalue weighted by Gasteiger charge is 2.37. The molecule has 5 aromatic carbocycles. The van der Waals surface area contributed by atoms with Crippen molar-refractivity contribution in [3.63, 3.8) is 0 Å². The Bertz CT molecular complexity index is 2780. The molecule has 2 heterocycles. The van der Waals surface area contributed by atoms with Gasteiger partial charge in [0.1, 0.15) is 11.6 Å². The van der Waals surface area contributed by atoms with Crippen molar-refractivity contribution in [2.24, 2.45) is 23.1 Å². The molecule has 0 spiro atoms. The zero-order valence-electron chi connectivity index (χ0n) is 40.2. The molecule has 4 nitrogen and oxygen atoms in total. The van der Waals surface area contributed by atoms with Gasteiger partial charge in [-0.3, -0.25) is 9.55 Å². The van der Waals surface area contributed by atoms with Gasteiger partial charge in [-0.05, 0) is 149 Å². The Hall–Kier alpha value is -5.48. The van der Waals surface area contributed by atoms with E-state index in [1.165, 1.54) is 5.56 Å². The molecule has 0 saturated heterocycles. The Morgan fingerprint density at radius 3 is 2.20 bits per heavy atom. The van der Waals surface area contributed by atoms with Crippen LogP contribution in [0.4, 0.5) is 0 Å². The van der Waals surface area contributed by atoms with Crippen LogP contribution in [0.5, 0.6) is 5.75 Å². The molecule has 59 heavy (non-hydrogen) atoms. The van der Waals surface area contributed by atoms with Crippen molar-refractivity contribution < 1.29 is 10.6 Å². The summed E-state index contributed by atoms with van der Waals surface area (Å²) in [6.07, 6.45) is 4.64. The molecule has 0 bridgehead atoms. The summed E-state index contributed by atoms with van der Waals surface area (Å²) >= 11 is 0. The molecule has 1 N–H and O–H groups in total. The van der Waals surface area contributed by atoms with Gasteiger partial charge in [-0.25, -0.2) is 4.98 Å². The van der Waals surface area contributed by atoms with E-state index in [0.29, 0.717) is 28.5 Å². The van der Waals surface area contributed by atoms with E-state index in [9.17, 15) is 5.11 Å². The van der Waals surface area contributed by atoms with Crippen LogP contribution in [0.2, 0.25) is 0 Å². The molecular weight excluding hydrogens is 719 g/mol. The summed E-state index contributed by atoms with van der Waals surface area (Å²) in [5.74, 6) is 0.604. The van der Waals surface area contributed by atoms with Gasteiger partial charge >= 0.3 is 0 Å². The zero-order chi connectivity index (χ0) is 45.2. The molecule has 3 atom stereocenters. The minimum Gasteiger partial charge on any atom is -0.507 e. The molecule has 1 saturated carbocycles. The summed E-state index contributed by atoms with van der Waals surface area (Å²) in [7, 11) is 0. The molecule has 0 amide bonds. The first-order valence-electron chi connectivity index (χ1n) is 23.2. The smallest absolute Gasteiger partial charge is 0.149 e. The van der Waals surface area contributed by atoms with Crippen LogP contribution in [0.3, 0.4) is 0 Å². The SMILES string of the molecule is [2H]C([2H])([2H])c1cc(C2CC(C([2H])(C)C)CC(C(C)(C)C)C2)ccc1-n1c(-c2ccccc2O)nc2c(-c3cc(-c4cc(-c5ccc(C)cc5)ccn4)cc(C(C)(C)C)c3)cccc21. The number of aryl methyl sites for hydroxylation is 2. The summed E-state index contributed by atoms with van der Waals surface area (Å²) in [5, 5.41) is 11.4. The van der Waals surface area contributed by atoms with Gasteiger partial charge in [0.25, 0.3) is 0 Å². The summed E-state index contributed by atoms with van der Waals surface area (Å²) in [4.78, 5) is 10.2. The van der Waals surface area contributed by atoms with Gasteiger partial charge in [0.15, 0.2) is 0 Å². The Kier molecular flexibility index (Phi) is 9.38. The highest BCUT2D eigenvalue weighted by Crippen LogP contribution is 2.49. The van der Waals surface area contributed by atoms with Crippen LogP contribution < -0.4 is 0 Å². The Labute approximate surface area is 358 Å². The number of rotatable bonds is 7. The van der Waals surface area contributed by atoms with Gasteiger partial charge in [-0.1, -0.05) is 128 Å². The van der Waals surface area contributed by atoms with Gasteiger partial charge < -0.3 is 5.11 Å². The van der Waals surface area contributed by atoms with Crippen LogP contribution in [-0.2, 0) is 5.41 Å².